The molecule has 1 aromatic carbocycles. The van der Waals surface area contributed by atoms with Crippen molar-refractivity contribution >= 4 is 5.91 Å². The number of carbonyl (C=O) groups excluding carboxylic acids is 1. The molecule has 0 aromatic heterocycles. The minimum absolute atomic E-state index is 0.115. The van der Waals surface area contributed by atoms with Crippen LogP contribution in [0.15, 0.2) is 18.2 Å². The van der Waals surface area contributed by atoms with Crippen molar-refractivity contribution in [3.63, 3.8) is 0 Å². The average Bonchev–Trinajstić information content (AvgIpc) is 2.19. The molecule has 1 unspecified atom stereocenters. The molecule has 3 nitrogen and oxygen atoms in total. The maximum atomic E-state index is 13.2. The lowest BCUT2D eigenvalue weighted by atomic mass is 10.1. The fourth-order valence-electron chi connectivity index (χ4n) is 1.31. The molecule has 0 fully saturated rings. The van der Waals surface area contributed by atoms with E-state index in [4.69, 9.17) is 5.73 Å². The van der Waals surface area contributed by atoms with Crippen molar-refractivity contribution in [1.29, 1.82) is 0 Å². The van der Waals surface area contributed by atoms with Gasteiger partial charge >= 0.3 is 0 Å². The number of hydrogen-bond acceptors (Lipinski definition) is 2. The normalized spacial score (nSPS) is 12.2. The number of nitrogens with one attached hydrogen (secondary N) is 1. The third-order valence-electron chi connectivity index (χ3n) is 2.23. The van der Waals surface area contributed by atoms with Gasteiger partial charge in [0.2, 0.25) is 5.91 Å². The fraction of sp³-hybridized carbons (Fsp3) is 0.417. The van der Waals surface area contributed by atoms with Gasteiger partial charge in [-0.25, -0.2) is 4.39 Å². The molecule has 1 amide bonds. The quantitative estimate of drug-likeness (QED) is 0.814. The molecule has 88 valence electrons. The van der Waals surface area contributed by atoms with Crippen LogP contribution in [-0.4, -0.2) is 11.9 Å². The maximum absolute atomic E-state index is 13.2. The Balaban J connectivity index is 2.48. The van der Waals surface area contributed by atoms with Gasteiger partial charge in [-0.3, -0.25) is 4.79 Å². The van der Waals surface area contributed by atoms with Crippen LogP contribution < -0.4 is 11.1 Å². The van der Waals surface area contributed by atoms with Crippen LogP contribution in [-0.2, 0) is 11.3 Å². The van der Waals surface area contributed by atoms with E-state index < -0.39 is 0 Å². The highest BCUT2D eigenvalue weighted by Gasteiger charge is 2.05. The van der Waals surface area contributed by atoms with Crippen LogP contribution in [0.1, 0.15) is 24.5 Å². The largest absolute Gasteiger partial charge is 0.352 e. The summed E-state index contributed by atoms with van der Waals surface area (Å²) in [4.78, 5) is 11.3. The van der Waals surface area contributed by atoms with Gasteiger partial charge in [0.1, 0.15) is 5.82 Å². The van der Waals surface area contributed by atoms with E-state index >= 15 is 0 Å². The molecule has 1 atom stereocenters. The van der Waals surface area contributed by atoms with Gasteiger partial charge in [0.25, 0.3) is 0 Å². The smallest absolute Gasteiger partial charge is 0.221 e. The van der Waals surface area contributed by atoms with Crippen LogP contribution in [0.25, 0.3) is 0 Å². The molecule has 1 rings (SSSR count). The standard InChI is InChI=1S/C12H17FN2O/c1-8-3-4-10(6-11(8)13)7-15-12(16)5-9(2)14/h3-4,6,9H,5,7,14H2,1-2H3,(H,15,16). The highest BCUT2D eigenvalue weighted by atomic mass is 19.1. The summed E-state index contributed by atoms with van der Waals surface area (Å²) in [6, 6.07) is 4.77. The highest BCUT2D eigenvalue weighted by molar-refractivity contribution is 5.76. The molecular formula is C12H17FN2O. The number of rotatable bonds is 4. The molecule has 0 radical (unpaired) electrons. The van der Waals surface area contributed by atoms with Gasteiger partial charge in [-0.1, -0.05) is 12.1 Å². The molecule has 0 saturated heterocycles. The predicted molar refractivity (Wildman–Crippen MR) is 61.3 cm³/mol. The molecule has 3 N–H and O–H groups in total. The van der Waals surface area contributed by atoms with E-state index in [1.807, 2.05) is 0 Å². The molecule has 0 heterocycles. The van der Waals surface area contributed by atoms with Crippen molar-refractivity contribution in [3.05, 3.63) is 35.1 Å². The summed E-state index contributed by atoms with van der Waals surface area (Å²) in [7, 11) is 0. The first kappa shape index (κ1) is 12.6. The third-order valence-corrected chi connectivity index (χ3v) is 2.23. The van der Waals surface area contributed by atoms with E-state index in [9.17, 15) is 9.18 Å². The SMILES string of the molecule is Cc1ccc(CNC(=O)CC(C)N)cc1F. The van der Waals surface area contributed by atoms with Crippen molar-refractivity contribution in [2.24, 2.45) is 5.73 Å². The van der Waals surface area contributed by atoms with Crippen molar-refractivity contribution in [3.8, 4) is 0 Å². The number of hydrogen-bond donors (Lipinski definition) is 2. The van der Waals surface area contributed by atoms with Crippen LogP contribution in [0, 0.1) is 12.7 Å². The van der Waals surface area contributed by atoms with Crippen LogP contribution in [0.3, 0.4) is 0 Å². The Hall–Kier alpha value is -1.42. The van der Waals surface area contributed by atoms with Crippen LogP contribution in [0.5, 0.6) is 0 Å². The predicted octanol–water partition coefficient (Wildman–Crippen LogP) is 1.49. The van der Waals surface area contributed by atoms with Gasteiger partial charge < -0.3 is 11.1 Å². The van der Waals surface area contributed by atoms with Gasteiger partial charge in [-0.2, -0.15) is 0 Å². The monoisotopic (exact) mass is 224 g/mol. The van der Waals surface area contributed by atoms with Crippen LogP contribution in [0.4, 0.5) is 4.39 Å². The minimum atomic E-state index is -0.251. The summed E-state index contributed by atoms with van der Waals surface area (Å²) in [6.07, 6.45) is 0.286. The summed E-state index contributed by atoms with van der Waals surface area (Å²) < 4.78 is 13.2. The molecule has 0 aliphatic carbocycles. The Morgan fingerprint density at radius 2 is 2.25 bits per heavy atom. The van der Waals surface area contributed by atoms with E-state index in [0.29, 0.717) is 12.1 Å². The lowest BCUT2D eigenvalue weighted by Gasteiger charge is -2.07. The molecule has 1 aromatic rings. The van der Waals surface area contributed by atoms with E-state index in [0.717, 1.165) is 5.56 Å². The van der Waals surface area contributed by atoms with E-state index in [2.05, 4.69) is 5.32 Å². The molecule has 0 bridgehead atoms. The number of halogens is 1. The zero-order valence-corrected chi connectivity index (χ0v) is 9.59. The van der Waals surface area contributed by atoms with E-state index in [1.165, 1.54) is 6.07 Å². The van der Waals surface area contributed by atoms with E-state index in [-0.39, 0.29) is 24.2 Å². The Morgan fingerprint density at radius 1 is 1.56 bits per heavy atom. The summed E-state index contributed by atoms with van der Waals surface area (Å²) in [5, 5.41) is 2.69. The van der Waals surface area contributed by atoms with Gasteiger partial charge in [-0.15, -0.1) is 0 Å². The van der Waals surface area contributed by atoms with Gasteiger partial charge in [-0.05, 0) is 31.0 Å². The Kier molecular flexibility index (Phi) is 4.43. The number of benzene rings is 1. The molecule has 16 heavy (non-hydrogen) atoms. The Labute approximate surface area is 94.8 Å². The van der Waals surface area contributed by atoms with Gasteiger partial charge in [0.05, 0.1) is 0 Å². The molecular weight excluding hydrogens is 207 g/mol. The second-order valence-corrected chi connectivity index (χ2v) is 4.04. The minimum Gasteiger partial charge on any atom is -0.352 e. The first-order valence-corrected chi connectivity index (χ1v) is 5.26. The van der Waals surface area contributed by atoms with Crippen molar-refractivity contribution in [2.75, 3.05) is 0 Å². The zero-order valence-electron chi connectivity index (χ0n) is 9.59. The van der Waals surface area contributed by atoms with Gasteiger partial charge in [0.15, 0.2) is 0 Å². The highest BCUT2D eigenvalue weighted by Crippen LogP contribution is 2.08. The molecule has 0 saturated carbocycles. The van der Waals surface area contributed by atoms with Crippen LogP contribution >= 0.6 is 0 Å². The second kappa shape index (κ2) is 5.61. The summed E-state index contributed by atoms with van der Waals surface area (Å²) in [5.41, 5.74) is 6.84. The summed E-state index contributed by atoms with van der Waals surface area (Å²) in [5.74, 6) is -0.366. The first-order valence-electron chi connectivity index (χ1n) is 5.26. The summed E-state index contributed by atoms with van der Waals surface area (Å²) in [6.45, 7) is 3.81. The molecule has 4 heteroatoms. The topological polar surface area (TPSA) is 55.1 Å². The number of amides is 1. The Bertz CT molecular complexity index is 377. The summed E-state index contributed by atoms with van der Waals surface area (Å²) >= 11 is 0. The molecule has 0 aliphatic rings. The first-order chi connectivity index (χ1) is 7.49. The van der Waals surface area contributed by atoms with Crippen molar-refractivity contribution in [2.45, 2.75) is 32.9 Å². The average molecular weight is 224 g/mol. The number of nitrogens with two attached hydrogens (primary N) is 1. The number of carbonyl (C=O) groups is 1. The Morgan fingerprint density at radius 3 is 2.81 bits per heavy atom. The van der Waals surface area contributed by atoms with Crippen molar-refractivity contribution in [1.82, 2.24) is 5.32 Å². The maximum Gasteiger partial charge on any atom is 0.221 e. The molecule has 0 aliphatic heterocycles. The third kappa shape index (κ3) is 3.98. The van der Waals surface area contributed by atoms with E-state index in [1.54, 1.807) is 26.0 Å². The zero-order chi connectivity index (χ0) is 12.1. The lowest BCUT2D eigenvalue weighted by molar-refractivity contribution is -0.121. The molecule has 0 spiro atoms. The van der Waals surface area contributed by atoms with Crippen LogP contribution in [0.2, 0.25) is 0 Å². The lowest BCUT2D eigenvalue weighted by Crippen LogP contribution is -2.29. The van der Waals surface area contributed by atoms with Gasteiger partial charge in [0, 0.05) is 19.0 Å². The number of aryl methyl sites for hydroxylation is 1. The fourth-order valence-corrected chi connectivity index (χ4v) is 1.31. The second-order valence-electron chi connectivity index (χ2n) is 4.04. The van der Waals surface area contributed by atoms with Crippen molar-refractivity contribution < 1.29 is 9.18 Å².